The average molecular weight is 459 g/mol. The summed E-state index contributed by atoms with van der Waals surface area (Å²) < 4.78 is 52.8. The quantitative estimate of drug-likeness (QED) is 0.498. The van der Waals surface area contributed by atoms with Crippen LogP contribution in [-0.2, 0) is 26.1 Å². The van der Waals surface area contributed by atoms with Crippen molar-refractivity contribution in [3.63, 3.8) is 0 Å². The first-order valence-electron chi connectivity index (χ1n) is 10.1. The molecule has 164 valence electrons. The van der Waals surface area contributed by atoms with Crippen LogP contribution in [0.3, 0.4) is 0 Å². The molecule has 0 saturated heterocycles. The largest absolute Gasteiger partial charge is 0.396 e. The van der Waals surface area contributed by atoms with E-state index in [1.54, 1.807) is 36.4 Å². The standard InChI is InChI=1S/C24H26O5S2/c25-19-18-21(17-16-20-10-4-1-5-11-20)24(30(26,27)22-12-6-2-7-13-22)31(28,29)23-14-8-3-9-15-23/h1-15,21,24-25H,16-19H2/t21-/m1/s1. The van der Waals surface area contributed by atoms with Crippen LogP contribution in [0.25, 0.3) is 0 Å². The van der Waals surface area contributed by atoms with E-state index >= 15 is 0 Å². The van der Waals surface area contributed by atoms with Gasteiger partial charge in [0.25, 0.3) is 0 Å². The molecule has 0 unspecified atom stereocenters. The van der Waals surface area contributed by atoms with Crippen LogP contribution in [0.15, 0.2) is 101 Å². The molecule has 0 radical (unpaired) electrons. The summed E-state index contributed by atoms with van der Waals surface area (Å²) >= 11 is 0. The molecule has 3 aromatic rings. The van der Waals surface area contributed by atoms with Gasteiger partial charge < -0.3 is 5.11 Å². The maximum atomic E-state index is 13.6. The van der Waals surface area contributed by atoms with Crippen molar-refractivity contribution >= 4 is 19.7 Å². The zero-order valence-corrected chi connectivity index (χ0v) is 18.7. The van der Waals surface area contributed by atoms with Crippen LogP contribution < -0.4 is 0 Å². The van der Waals surface area contributed by atoms with Crippen LogP contribution in [0.1, 0.15) is 18.4 Å². The van der Waals surface area contributed by atoms with Gasteiger partial charge in [0, 0.05) is 6.61 Å². The molecule has 3 rings (SSSR count). The van der Waals surface area contributed by atoms with Gasteiger partial charge in [-0.3, -0.25) is 0 Å². The maximum absolute atomic E-state index is 13.6. The number of benzene rings is 3. The van der Waals surface area contributed by atoms with Crippen molar-refractivity contribution in [1.29, 1.82) is 0 Å². The molecule has 1 N–H and O–H groups in total. The predicted molar refractivity (Wildman–Crippen MR) is 121 cm³/mol. The van der Waals surface area contributed by atoms with Gasteiger partial charge in [0.15, 0.2) is 24.3 Å². The number of hydrogen-bond donors (Lipinski definition) is 1. The maximum Gasteiger partial charge on any atom is 0.196 e. The second-order valence-electron chi connectivity index (χ2n) is 7.38. The zero-order chi connectivity index (χ0) is 22.3. The molecule has 0 aliphatic heterocycles. The third kappa shape index (κ3) is 5.42. The van der Waals surface area contributed by atoms with Crippen LogP contribution in [0, 0.1) is 5.92 Å². The molecule has 0 amide bonds. The zero-order valence-electron chi connectivity index (χ0n) is 17.0. The Bertz CT molecular complexity index is 1090. The average Bonchev–Trinajstić information content (AvgIpc) is 2.79. The lowest BCUT2D eigenvalue weighted by Crippen LogP contribution is -2.38. The van der Waals surface area contributed by atoms with Crippen molar-refractivity contribution in [1.82, 2.24) is 0 Å². The highest BCUT2D eigenvalue weighted by molar-refractivity contribution is 8.09. The van der Waals surface area contributed by atoms with Gasteiger partial charge in [-0.25, -0.2) is 16.8 Å². The van der Waals surface area contributed by atoms with E-state index < -0.39 is 30.2 Å². The molecule has 1 atom stereocenters. The summed E-state index contributed by atoms with van der Waals surface area (Å²) in [7, 11) is -8.46. The lowest BCUT2D eigenvalue weighted by atomic mass is 9.98. The van der Waals surface area contributed by atoms with Crippen molar-refractivity contribution < 1.29 is 21.9 Å². The summed E-state index contributed by atoms with van der Waals surface area (Å²) in [6.45, 7) is -0.301. The summed E-state index contributed by atoms with van der Waals surface area (Å²) in [5.41, 5.74) is 0.985. The molecule has 0 fully saturated rings. The third-order valence-electron chi connectivity index (χ3n) is 5.29. The van der Waals surface area contributed by atoms with Crippen LogP contribution in [0.2, 0.25) is 0 Å². The Morgan fingerprint density at radius 3 is 1.45 bits per heavy atom. The fraction of sp³-hybridized carbons (Fsp3) is 0.250. The highest BCUT2D eigenvalue weighted by Crippen LogP contribution is 2.34. The minimum atomic E-state index is -4.23. The first-order chi connectivity index (χ1) is 14.9. The Hall–Kier alpha value is -2.48. The topological polar surface area (TPSA) is 88.5 Å². The Kier molecular flexibility index (Phi) is 7.64. The van der Waals surface area contributed by atoms with Crippen molar-refractivity contribution in [3.05, 3.63) is 96.6 Å². The molecular weight excluding hydrogens is 432 g/mol. The van der Waals surface area contributed by atoms with E-state index in [4.69, 9.17) is 0 Å². The summed E-state index contributed by atoms with van der Waals surface area (Å²) in [4.78, 5) is -0.0793. The van der Waals surface area contributed by atoms with Crippen molar-refractivity contribution in [2.24, 2.45) is 5.92 Å². The summed E-state index contributed by atoms with van der Waals surface area (Å²) in [5, 5.41) is 9.67. The fourth-order valence-corrected chi connectivity index (χ4v) is 8.91. The number of rotatable bonds is 10. The summed E-state index contributed by atoms with van der Waals surface area (Å²) in [5.74, 6) is -0.777. The predicted octanol–water partition coefficient (Wildman–Crippen LogP) is 3.89. The third-order valence-corrected chi connectivity index (χ3v) is 10.7. The number of aryl methyl sites for hydroxylation is 1. The van der Waals surface area contributed by atoms with Crippen molar-refractivity contribution in [2.45, 2.75) is 33.6 Å². The van der Waals surface area contributed by atoms with Crippen molar-refractivity contribution in [2.75, 3.05) is 6.61 Å². The van der Waals surface area contributed by atoms with Gasteiger partial charge in [0.2, 0.25) is 0 Å². The summed E-state index contributed by atoms with van der Waals surface area (Å²) in [6.07, 6.45) is 0.889. The number of hydrogen-bond acceptors (Lipinski definition) is 5. The number of aliphatic hydroxyl groups excluding tert-OH is 1. The van der Waals surface area contributed by atoms with E-state index in [2.05, 4.69) is 0 Å². The lowest BCUT2D eigenvalue weighted by molar-refractivity contribution is 0.255. The lowest BCUT2D eigenvalue weighted by Gasteiger charge is -2.27. The van der Waals surface area contributed by atoms with Crippen molar-refractivity contribution in [3.8, 4) is 0 Å². The molecule has 5 nitrogen and oxygen atoms in total. The minimum absolute atomic E-state index is 0.0397. The Labute approximate surface area is 184 Å². The van der Waals surface area contributed by atoms with Crippen LogP contribution in [0.4, 0.5) is 0 Å². The monoisotopic (exact) mass is 458 g/mol. The molecule has 0 bridgehead atoms. The molecule has 0 spiro atoms. The first kappa shape index (κ1) is 23.2. The van der Waals surface area contributed by atoms with E-state index in [9.17, 15) is 21.9 Å². The van der Waals surface area contributed by atoms with E-state index in [-0.39, 0.29) is 22.8 Å². The van der Waals surface area contributed by atoms with Gasteiger partial charge in [-0.15, -0.1) is 0 Å². The van der Waals surface area contributed by atoms with E-state index in [1.165, 1.54) is 24.3 Å². The fourth-order valence-electron chi connectivity index (χ4n) is 3.74. The Balaban J connectivity index is 2.09. The second kappa shape index (κ2) is 10.2. The van der Waals surface area contributed by atoms with E-state index in [0.29, 0.717) is 12.8 Å². The van der Waals surface area contributed by atoms with E-state index in [0.717, 1.165) is 5.56 Å². The molecule has 0 heterocycles. The van der Waals surface area contributed by atoms with Gasteiger partial charge in [-0.1, -0.05) is 66.7 Å². The minimum Gasteiger partial charge on any atom is -0.396 e. The smallest absolute Gasteiger partial charge is 0.196 e. The second-order valence-corrected chi connectivity index (χ2v) is 11.8. The van der Waals surface area contributed by atoms with Crippen LogP contribution >= 0.6 is 0 Å². The van der Waals surface area contributed by atoms with Gasteiger partial charge >= 0.3 is 0 Å². The van der Waals surface area contributed by atoms with E-state index in [1.807, 2.05) is 30.3 Å². The van der Waals surface area contributed by atoms with Gasteiger partial charge in [-0.05, 0) is 55.0 Å². The molecular formula is C24H26O5S2. The Morgan fingerprint density at radius 2 is 1.03 bits per heavy atom. The van der Waals surface area contributed by atoms with Gasteiger partial charge in [0.05, 0.1) is 9.79 Å². The molecule has 0 aromatic heterocycles. The summed E-state index contributed by atoms with van der Waals surface area (Å²) in [6, 6.07) is 24.8. The molecule has 31 heavy (non-hydrogen) atoms. The van der Waals surface area contributed by atoms with Gasteiger partial charge in [0.1, 0.15) is 0 Å². The number of aliphatic hydroxyl groups is 1. The molecule has 0 aliphatic carbocycles. The number of sulfone groups is 2. The van der Waals surface area contributed by atoms with Crippen LogP contribution in [-0.4, -0.2) is 33.1 Å². The molecule has 7 heteroatoms. The SMILES string of the molecule is O=S(=O)(c1ccccc1)C([C@@H](CCO)CCc1ccccc1)S(=O)(=O)c1ccccc1. The normalized spacial score (nSPS) is 13.2. The molecule has 3 aromatic carbocycles. The molecule has 0 saturated carbocycles. The Morgan fingerprint density at radius 1 is 0.613 bits per heavy atom. The highest BCUT2D eigenvalue weighted by Gasteiger charge is 2.44. The van der Waals surface area contributed by atoms with Crippen LogP contribution in [0.5, 0.6) is 0 Å². The van der Waals surface area contributed by atoms with Gasteiger partial charge in [-0.2, -0.15) is 0 Å². The first-order valence-corrected chi connectivity index (χ1v) is 13.2. The molecule has 0 aliphatic rings. The highest BCUT2D eigenvalue weighted by atomic mass is 32.3.